The molecule has 1 rings (SSSR count). The number of hydrogen-bond donors (Lipinski definition) is 3. The van der Waals surface area contributed by atoms with E-state index in [-0.39, 0.29) is 0 Å². The van der Waals surface area contributed by atoms with Crippen LogP contribution in [0.25, 0.3) is 0 Å². The highest BCUT2D eigenvalue weighted by Gasteiger charge is 2.26. The summed E-state index contributed by atoms with van der Waals surface area (Å²) in [6, 6.07) is 6.39. The van der Waals surface area contributed by atoms with Gasteiger partial charge in [0.15, 0.2) is 6.10 Å². The van der Waals surface area contributed by atoms with Gasteiger partial charge < -0.3 is 15.5 Å². The van der Waals surface area contributed by atoms with Crippen molar-refractivity contribution in [2.24, 2.45) is 0 Å². The highest BCUT2D eigenvalue weighted by Crippen LogP contribution is 2.13. The first-order chi connectivity index (χ1) is 9.45. The zero-order chi connectivity index (χ0) is 15.1. The van der Waals surface area contributed by atoms with Crippen LogP contribution in [0, 0.1) is 0 Å². The van der Waals surface area contributed by atoms with E-state index in [1.807, 2.05) is 5.32 Å². The summed E-state index contributed by atoms with van der Waals surface area (Å²) in [6.07, 6.45) is -2.16. The highest BCUT2D eigenvalue weighted by molar-refractivity contribution is 7.46. The molecule has 106 valence electrons. The van der Waals surface area contributed by atoms with E-state index < -0.39 is 44.4 Å². The summed E-state index contributed by atoms with van der Waals surface area (Å²) >= 11 is 0. The number of carboxylic acid groups (broad SMARTS) is 1. The summed E-state index contributed by atoms with van der Waals surface area (Å²) < 4.78 is 10.3. The molecule has 0 bridgehead atoms. The van der Waals surface area contributed by atoms with Crippen LogP contribution in [0.2, 0.25) is 0 Å². The molecular formula is C12H12NO6P. The number of aliphatic carboxylic acids is 1. The molecule has 0 radical (unpaired) electrons. The fourth-order valence-electron chi connectivity index (χ4n) is 1.45. The number of aliphatic hydroxyl groups is 1. The summed E-state index contributed by atoms with van der Waals surface area (Å²) in [6.45, 7) is 0. The molecule has 8 heteroatoms. The van der Waals surface area contributed by atoms with Crippen molar-refractivity contribution in [2.45, 2.75) is 18.6 Å². The van der Waals surface area contributed by atoms with Crippen LogP contribution in [0.4, 0.5) is 0 Å². The number of carbonyl (C=O) groups is 3. The standard InChI is InChI=1S/C12H12NO6P/c14-9(20-19)6-8(12(17)18)13-11(16)10(15)7-4-2-1-3-5-7/h1-5,8,10,15H,6H2,(H,13,16)(H,17,18)/t8-,10-/m0/s1. The van der Waals surface area contributed by atoms with E-state index >= 15 is 0 Å². The Hall–Kier alpha value is -2.11. The van der Waals surface area contributed by atoms with Crippen LogP contribution in [-0.4, -0.2) is 33.7 Å². The molecule has 3 N–H and O–H groups in total. The Labute approximate surface area is 115 Å². The van der Waals surface area contributed by atoms with Crippen LogP contribution >= 0.6 is 8.46 Å². The van der Waals surface area contributed by atoms with Gasteiger partial charge in [-0.05, 0) is 5.56 Å². The minimum absolute atomic E-state index is 0.294. The molecule has 0 fully saturated rings. The maximum atomic E-state index is 11.7. The van der Waals surface area contributed by atoms with E-state index in [0.717, 1.165) is 0 Å². The average molecular weight is 297 g/mol. The zero-order valence-electron chi connectivity index (χ0n) is 10.2. The molecule has 0 saturated heterocycles. The molecule has 0 aromatic heterocycles. The van der Waals surface area contributed by atoms with Gasteiger partial charge in [0.25, 0.3) is 5.91 Å². The Kier molecular flexibility index (Phi) is 5.96. The van der Waals surface area contributed by atoms with E-state index in [1.54, 1.807) is 18.2 Å². The number of hydrogen-bond acceptors (Lipinski definition) is 5. The van der Waals surface area contributed by atoms with Crippen LogP contribution in [0.15, 0.2) is 30.3 Å². The van der Waals surface area contributed by atoms with Crippen LogP contribution < -0.4 is 5.32 Å². The lowest BCUT2D eigenvalue weighted by molar-refractivity contribution is -0.144. The first kappa shape index (κ1) is 15.9. The average Bonchev–Trinajstić information content (AvgIpc) is 2.46. The molecule has 0 aliphatic rings. The maximum absolute atomic E-state index is 11.7. The lowest BCUT2D eigenvalue weighted by Crippen LogP contribution is -2.43. The number of benzene rings is 1. The fourth-order valence-corrected chi connectivity index (χ4v) is 1.71. The van der Waals surface area contributed by atoms with Gasteiger partial charge >= 0.3 is 5.97 Å². The number of rotatable bonds is 7. The van der Waals surface area contributed by atoms with E-state index in [0.29, 0.717) is 5.56 Å². The number of amides is 1. The van der Waals surface area contributed by atoms with Crippen molar-refractivity contribution in [3.63, 3.8) is 0 Å². The third-order valence-electron chi connectivity index (χ3n) is 2.46. The topological polar surface area (TPSA) is 121 Å². The fraction of sp³-hybridized carbons (Fsp3) is 0.250. The Morgan fingerprint density at radius 3 is 2.30 bits per heavy atom. The molecule has 1 aromatic carbocycles. The lowest BCUT2D eigenvalue weighted by Gasteiger charge is -2.16. The van der Waals surface area contributed by atoms with Crippen molar-refractivity contribution in [3.8, 4) is 0 Å². The second-order valence-corrected chi connectivity index (χ2v) is 4.58. The molecule has 0 aliphatic carbocycles. The Morgan fingerprint density at radius 2 is 1.80 bits per heavy atom. The molecule has 1 aromatic rings. The molecule has 0 unspecified atom stereocenters. The van der Waals surface area contributed by atoms with Crippen molar-refractivity contribution >= 4 is 25.9 Å². The predicted octanol–water partition coefficient (Wildman–Crippen LogP) is 0.498. The van der Waals surface area contributed by atoms with Gasteiger partial charge in [0.1, 0.15) is 6.04 Å². The molecule has 0 heterocycles. The second kappa shape index (κ2) is 7.47. The molecule has 7 nitrogen and oxygen atoms in total. The molecular weight excluding hydrogens is 285 g/mol. The minimum Gasteiger partial charge on any atom is -0.480 e. The normalized spacial score (nSPS) is 13.4. The predicted molar refractivity (Wildman–Crippen MR) is 68.2 cm³/mol. The van der Waals surface area contributed by atoms with Gasteiger partial charge in [-0.1, -0.05) is 30.3 Å². The minimum atomic E-state index is -1.54. The van der Waals surface area contributed by atoms with Crippen LogP contribution in [0.5, 0.6) is 0 Å². The van der Waals surface area contributed by atoms with Gasteiger partial charge in [-0.15, -0.1) is 0 Å². The van der Waals surface area contributed by atoms with Crippen LogP contribution in [-0.2, 0) is 18.9 Å². The first-order valence-corrected chi connectivity index (χ1v) is 6.39. The molecule has 20 heavy (non-hydrogen) atoms. The summed E-state index contributed by atoms with van der Waals surface area (Å²) in [5.41, 5.74) is -0.561. The van der Waals surface area contributed by atoms with Crippen LogP contribution in [0.3, 0.4) is 0 Å². The van der Waals surface area contributed by atoms with Crippen molar-refractivity contribution in [3.05, 3.63) is 35.9 Å². The molecule has 1 amide bonds. The van der Waals surface area contributed by atoms with E-state index in [4.69, 9.17) is 5.11 Å². The van der Waals surface area contributed by atoms with Gasteiger partial charge in [-0.3, -0.25) is 14.2 Å². The zero-order valence-corrected chi connectivity index (χ0v) is 11.1. The SMILES string of the molecule is O=PC(=O)C[C@H](NC(=O)[C@@H](O)c1ccccc1)C(=O)O. The Bertz CT molecular complexity index is 518. The van der Waals surface area contributed by atoms with Crippen LogP contribution in [0.1, 0.15) is 18.1 Å². The van der Waals surface area contributed by atoms with E-state index in [9.17, 15) is 24.1 Å². The molecule has 2 atom stereocenters. The number of carboxylic acids is 1. The highest BCUT2D eigenvalue weighted by atomic mass is 31.1. The van der Waals surface area contributed by atoms with Gasteiger partial charge in [0, 0.05) is 6.42 Å². The second-order valence-electron chi connectivity index (χ2n) is 3.90. The first-order valence-electron chi connectivity index (χ1n) is 5.58. The van der Waals surface area contributed by atoms with E-state index in [1.165, 1.54) is 12.1 Å². The molecule has 0 spiro atoms. The monoisotopic (exact) mass is 297 g/mol. The van der Waals surface area contributed by atoms with Crippen molar-refractivity contribution < 1.29 is 29.2 Å². The largest absolute Gasteiger partial charge is 0.480 e. The number of carbonyl (C=O) groups excluding carboxylic acids is 2. The van der Waals surface area contributed by atoms with Crippen molar-refractivity contribution in [2.75, 3.05) is 0 Å². The smallest absolute Gasteiger partial charge is 0.326 e. The number of nitrogens with one attached hydrogen (secondary N) is 1. The summed E-state index contributed by atoms with van der Waals surface area (Å²) in [5, 5.41) is 20.7. The Balaban J connectivity index is 2.73. The maximum Gasteiger partial charge on any atom is 0.326 e. The van der Waals surface area contributed by atoms with Gasteiger partial charge in [-0.2, -0.15) is 0 Å². The number of aliphatic hydroxyl groups excluding tert-OH is 1. The summed E-state index contributed by atoms with van der Waals surface area (Å²) in [5.74, 6) is -2.39. The van der Waals surface area contributed by atoms with Crippen molar-refractivity contribution in [1.29, 1.82) is 0 Å². The lowest BCUT2D eigenvalue weighted by atomic mass is 10.1. The third kappa shape index (κ3) is 4.53. The van der Waals surface area contributed by atoms with E-state index in [2.05, 4.69) is 0 Å². The summed E-state index contributed by atoms with van der Waals surface area (Å²) in [4.78, 5) is 33.5. The van der Waals surface area contributed by atoms with Gasteiger partial charge in [0.2, 0.25) is 14.0 Å². The van der Waals surface area contributed by atoms with Gasteiger partial charge in [-0.25, -0.2) is 4.79 Å². The van der Waals surface area contributed by atoms with Crippen molar-refractivity contribution in [1.82, 2.24) is 5.32 Å². The quantitative estimate of drug-likeness (QED) is 0.630. The van der Waals surface area contributed by atoms with Gasteiger partial charge in [0.05, 0.1) is 0 Å². The third-order valence-corrected chi connectivity index (χ3v) is 2.85. The molecule has 0 aliphatic heterocycles. The molecule has 0 saturated carbocycles. The Morgan fingerprint density at radius 1 is 1.20 bits per heavy atom. The summed E-state index contributed by atoms with van der Waals surface area (Å²) in [7, 11) is -0.824.